The summed E-state index contributed by atoms with van der Waals surface area (Å²) in [4.78, 5) is 4.04. The SMILES string of the molecule is C1=CNc2ccccc2C=N1.FC(F)(F)c1ccc2c(c1)=CCc1c3c(ccc1=2)=CCCC3. The van der Waals surface area contributed by atoms with Gasteiger partial charge in [0.1, 0.15) is 0 Å². The summed E-state index contributed by atoms with van der Waals surface area (Å²) in [5, 5.41) is 7.13. The van der Waals surface area contributed by atoms with Crippen molar-refractivity contribution in [2.45, 2.75) is 31.9 Å². The lowest BCUT2D eigenvalue weighted by Gasteiger charge is -2.16. The van der Waals surface area contributed by atoms with Gasteiger partial charge < -0.3 is 5.32 Å². The molecule has 2 aliphatic carbocycles. The number of rotatable bonds is 0. The highest BCUT2D eigenvalue weighted by molar-refractivity contribution is 5.88. The molecule has 1 heterocycles. The summed E-state index contributed by atoms with van der Waals surface area (Å²) in [6.45, 7) is 0. The number of hydrogen-bond donors (Lipinski definition) is 1. The predicted molar refractivity (Wildman–Crippen MR) is 127 cm³/mol. The minimum absolute atomic E-state index is 0.572. The van der Waals surface area contributed by atoms with Crippen LogP contribution in [0.2, 0.25) is 0 Å². The van der Waals surface area contributed by atoms with Crippen molar-refractivity contribution in [1.82, 2.24) is 0 Å². The minimum Gasteiger partial charge on any atom is -0.360 e. The van der Waals surface area contributed by atoms with E-state index in [0.29, 0.717) is 5.22 Å². The number of nitrogens with zero attached hydrogens (tertiary/aromatic N) is 1. The van der Waals surface area contributed by atoms with Gasteiger partial charge in [-0.3, -0.25) is 4.99 Å². The molecule has 0 aromatic heterocycles. The lowest BCUT2D eigenvalue weighted by Crippen LogP contribution is -2.20. The fourth-order valence-electron chi connectivity index (χ4n) is 4.62. The summed E-state index contributed by atoms with van der Waals surface area (Å²) in [5.41, 5.74) is 4.32. The molecule has 0 atom stereocenters. The molecule has 2 nitrogen and oxygen atoms in total. The number of nitrogens with one attached hydrogen (secondary N) is 1. The van der Waals surface area contributed by atoms with E-state index in [2.05, 4.69) is 28.5 Å². The number of alkyl halides is 3. The topological polar surface area (TPSA) is 24.4 Å². The van der Waals surface area contributed by atoms with Crippen LogP contribution in [0.4, 0.5) is 18.9 Å². The first kappa shape index (κ1) is 21.3. The molecular weight excluding hydrogens is 421 g/mol. The van der Waals surface area contributed by atoms with Crippen molar-refractivity contribution in [3.8, 4) is 0 Å². The largest absolute Gasteiger partial charge is 0.416 e. The third kappa shape index (κ3) is 4.36. The van der Waals surface area contributed by atoms with Crippen LogP contribution in [0.5, 0.6) is 0 Å². The fourth-order valence-corrected chi connectivity index (χ4v) is 4.62. The number of halogens is 3. The van der Waals surface area contributed by atoms with Crippen LogP contribution in [0.15, 0.2) is 72.0 Å². The smallest absolute Gasteiger partial charge is 0.360 e. The minimum atomic E-state index is -4.28. The highest BCUT2D eigenvalue weighted by Gasteiger charge is 2.30. The second kappa shape index (κ2) is 8.74. The lowest BCUT2D eigenvalue weighted by atomic mass is 9.88. The Labute approximate surface area is 189 Å². The molecule has 3 aromatic carbocycles. The maximum Gasteiger partial charge on any atom is 0.416 e. The van der Waals surface area contributed by atoms with Gasteiger partial charge in [0.15, 0.2) is 0 Å². The average Bonchev–Trinajstić information content (AvgIpc) is 3.09. The monoisotopic (exact) mass is 444 g/mol. The molecule has 3 aromatic rings. The van der Waals surface area contributed by atoms with E-state index in [1.165, 1.54) is 28.5 Å². The third-order valence-corrected chi connectivity index (χ3v) is 6.23. The van der Waals surface area contributed by atoms with Crippen molar-refractivity contribution in [2.24, 2.45) is 4.99 Å². The van der Waals surface area contributed by atoms with Crippen molar-refractivity contribution >= 4 is 24.1 Å². The summed E-state index contributed by atoms with van der Waals surface area (Å²) in [6, 6.07) is 16.3. The molecule has 1 aliphatic heterocycles. The van der Waals surface area contributed by atoms with Crippen molar-refractivity contribution in [3.05, 3.63) is 110 Å². The van der Waals surface area contributed by atoms with Gasteiger partial charge in [-0.25, -0.2) is 0 Å². The molecule has 0 spiro atoms. The zero-order valence-electron chi connectivity index (χ0n) is 18.0. The molecule has 5 heteroatoms. The second-order valence-corrected chi connectivity index (χ2v) is 8.29. The fraction of sp³-hybridized carbons (Fsp3) is 0.179. The Bertz CT molecular complexity index is 1480. The summed E-state index contributed by atoms with van der Waals surface area (Å²) in [7, 11) is 0. The van der Waals surface area contributed by atoms with Gasteiger partial charge in [-0.1, -0.05) is 48.6 Å². The quantitative estimate of drug-likeness (QED) is 0.490. The van der Waals surface area contributed by atoms with Gasteiger partial charge >= 0.3 is 6.18 Å². The van der Waals surface area contributed by atoms with Crippen molar-refractivity contribution < 1.29 is 13.2 Å². The maximum atomic E-state index is 12.9. The zero-order valence-corrected chi connectivity index (χ0v) is 18.0. The van der Waals surface area contributed by atoms with Gasteiger partial charge in [0.2, 0.25) is 0 Å². The molecular formula is C28H23F3N2. The molecule has 1 N–H and O–H groups in total. The van der Waals surface area contributed by atoms with Crippen LogP contribution < -0.4 is 15.8 Å². The van der Waals surface area contributed by atoms with Crippen molar-refractivity contribution in [2.75, 3.05) is 5.32 Å². The van der Waals surface area contributed by atoms with Crippen LogP contribution in [0.25, 0.3) is 12.2 Å². The average molecular weight is 445 g/mol. The molecule has 3 aliphatic rings. The first-order valence-electron chi connectivity index (χ1n) is 11.1. The van der Waals surface area contributed by atoms with E-state index in [1.54, 1.807) is 12.3 Å². The molecule has 166 valence electrons. The zero-order chi connectivity index (χ0) is 22.8. The normalized spacial score (nSPS) is 15.1. The second-order valence-electron chi connectivity index (χ2n) is 8.29. The molecule has 6 rings (SSSR count). The Morgan fingerprint density at radius 1 is 0.848 bits per heavy atom. The molecule has 0 saturated heterocycles. The van der Waals surface area contributed by atoms with E-state index in [0.717, 1.165) is 47.4 Å². The van der Waals surface area contributed by atoms with Gasteiger partial charge in [0.25, 0.3) is 0 Å². The molecule has 0 saturated carbocycles. The van der Waals surface area contributed by atoms with Crippen LogP contribution in [-0.2, 0) is 19.0 Å². The number of fused-ring (bicyclic) bond motifs is 5. The first-order chi connectivity index (χ1) is 16.0. The van der Waals surface area contributed by atoms with Gasteiger partial charge in [-0.2, -0.15) is 13.2 Å². The first-order valence-corrected chi connectivity index (χ1v) is 11.1. The van der Waals surface area contributed by atoms with E-state index in [9.17, 15) is 13.2 Å². The van der Waals surface area contributed by atoms with Crippen molar-refractivity contribution in [3.63, 3.8) is 0 Å². The molecule has 0 fully saturated rings. The van der Waals surface area contributed by atoms with E-state index >= 15 is 0 Å². The van der Waals surface area contributed by atoms with Crippen LogP contribution in [0.1, 0.15) is 35.1 Å². The van der Waals surface area contributed by atoms with Crippen molar-refractivity contribution in [1.29, 1.82) is 0 Å². The summed E-state index contributed by atoms with van der Waals surface area (Å²) < 4.78 is 38.6. The summed E-state index contributed by atoms with van der Waals surface area (Å²) >= 11 is 0. The number of hydrogen-bond acceptors (Lipinski definition) is 2. The molecule has 33 heavy (non-hydrogen) atoms. The van der Waals surface area contributed by atoms with Crippen LogP contribution in [0.3, 0.4) is 0 Å². The lowest BCUT2D eigenvalue weighted by molar-refractivity contribution is -0.137. The van der Waals surface area contributed by atoms with Crippen LogP contribution in [0, 0.1) is 10.4 Å². The Balaban J connectivity index is 0.000000174. The molecule has 0 radical (unpaired) electrons. The number of benzene rings is 3. The van der Waals surface area contributed by atoms with Crippen LogP contribution >= 0.6 is 0 Å². The number of aliphatic imine (C=N–C) groups is 1. The molecule has 0 unspecified atom stereocenters. The Morgan fingerprint density at radius 3 is 2.58 bits per heavy atom. The van der Waals surface area contributed by atoms with Gasteiger partial charge in [-0.15, -0.1) is 0 Å². The predicted octanol–water partition coefficient (Wildman–Crippen LogP) is 5.45. The number of anilines is 1. The van der Waals surface area contributed by atoms with E-state index < -0.39 is 11.7 Å². The Kier molecular flexibility index (Phi) is 5.63. The Morgan fingerprint density at radius 2 is 1.70 bits per heavy atom. The van der Waals surface area contributed by atoms with Gasteiger partial charge in [0.05, 0.1) is 5.56 Å². The standard InChI is InChI=1S/C19H15F3.C9H8N2/c20-19(21,22)14-7-10-16-13(11-14)6-9-17-15-4-2-1-3-12(15)5-8-18(16)17;1-2-4-9-8(3-1)7-10-5-6-11-9/h3,5-8,10-11H,1-2,4,9H2;1-7,11H. The van der Waals surface area contributed by atoms with Gasteiger partial charge in [0, 0.05) is 29.9 Å². The van der Waals surface area contributed by atoms with E-state index in [1.807, 2.05) is 42.8 Å². The summed E-state index contributed by atoms with van der Waals surface area (Å²) in [5.74, 6) is 0. The molecule has 0 bridgehead atoms. The number of para-hydroxylation sites is 1. The van der Waals surface area contributed by atoms with E-state index in [4.69, 9.17) is 0 Å². The summed E-state index contributed by atoms with van der Waals surface area (Å²) in [6.07, 6.45) is 9.37. The van der Waals surface area contributed by atoms with E-state index in [-0.39, 0.29) is 0 Å². The third-order valence-electron chi connectivity index (χ3n) is 6.23. The van der Waals surface area contributed by atoms with Gasteiger partial charge in [-0.05, 0) is 75.9 Å². The van der Waals surface area contributed by atoms with Crippen LogP contribution in [-0.4, -0.2) is 6.21 Å². The highest BCUT2D eigenvalue weighted by atomic mass is 19.4. The highest BCUT2D eigenvalue weighted by Crippen LogP contribution is 2.28. The Hall–Kier alpha value is -3.60. The molecule has 0 amide bonds. The maximum absolute atomic E-state index is 12.9.